The van der Waals surface area contributed by atoms with E-state index in [4.69, 9.17) is 16.3 Å². The lowest BCUT2D eigenvalue weighted by molar-refractivity contribution is 0.122. The second-order valence-electron chi connectivity index (χ2n) is 6.16. The van der Waals surface area contributed by atoms with Crippen LogP contribution in [0.3, 0.4) is 0 Å². The number of nitrogens with zero attached hydrogens (tertiary/aromatic N) is 3. The number of aromatic nitrogens is 2. The molecule has 2 N–H and O–H groups in total. The Balaban J connectivity index is 1.59. The molecular weight excluding hydrogens is 354 g/mol. The molecule has 0 aliphatic carbocycles. The second kappa shape index (κ2) is 8.82. The standard InChI is InChI=1S/C18H22ClN5O2/c1-13(10-14-12-20-4-5-21-14)22-18(25)23-17-11-15(2-3-16(17)19)24-6-8-26-9-7-24/h2-5,11-13H,6-10H2,1H3,(H2,22,23,25). The van der Waals surface area contributed by atoms with Crippen LogP contribution in [0.1, 0.15) is 12.6 Å². The Bertz CT molecular complexity index is 738. The molecule has 1 saturated heterocycles. The van der Waals surface area contributed by atoms with Crippen molar-refractivity contribution >= 4 is 29.0 Å². The van der Waals surface area contributed by atoms with Crippen LogP contribution in [0.15, 0.2) is 36.8 Å². The van der Waals surface area contributed by atoms with Gasteiger partial charge in [-0.05, 0) is 25.1 Å². The van der Waals surface area contributed by atoms with Crippen LogP contribution in [-0.4, -0.2) is 48.3 Å². The molecule has 1 aliphatic heterocycles. The normalized spacial score (nSPS) is 15.4. The van der Waals surface area contributed by atoms with Crippen molar-refractivity contribution in [2.45, 2.75) is 19.4 Å². The first-order chi connectivity index (χ1) is 12.6. The average Bonchev–Trinajstić information content (AvgIpc) is 2.65. The van der Waals surface area contributed by atoms with Crippen molar-refractivity contribution in [3.8, 4) is 0 Å². The first kappa shape index (κ1) is 18.4. The molecule has 2 aromatic rings. The summed E-state index contributed by atoms with van der Waals surface area (Å²) in [6, 6.07) is 5.24. The molecule has 1 aromatic heterocycles. The number of urea groups is 1. The fourth-order valence-corrected chi connectivity index (χ4v) is 2.97. The molecule has 2 amide bonds. The van der Waals surface area contributed by atoms with Crippen LogP contribution in [-0.2, 0) is 11.2 Å². The molecule has 0 radical (unpaired) electrons. The first-order valence-corrected chi connectivity index (χ1v) is 8.94. The van der Waals surface area contributed by atoms with E-state index >= 15 is 0 Å². The van der Waals surface area contributed by atoms with Crippen LogP contribution in [0.2, 0.25) is 5.02 Å². The van der Waals surface area contributed by atoms with Gasteiger partial charge in [-0.1, -0.05) is 11.6 Å². The van der Waals surface area contributed by atoms with E-state index in [2.05, 4.69) is 25.5 Å². The van der Waals surface area contributed by atoms with Gasteiger partial charge in [-0.25, -0.2) is 4.79 Å². The van der Waals surface area contributed by atoms with E-state index < -0.39 is 0 Å². The van der Waals surface area contributed by atoms with Crippen molar-refractivity contribution in [1.29, 1.82) is 0 Å². The van der Waals surface area contributed by atoms with Gasteiger partial charge in [0.25, 0.3) is 0 Å². The molecule has 1 unspecified atom stereocenters. The molecule has 8 heteroatoms. The number of anilines is 2. The predicted molar refractivity (Wildman–Crippen MR) is 102 cm³/mol. The molecule has 0 spiro atoms. The van der Waals surface area contributed by atoms with Crippen LogP contribution >= 0.6 is 11.6 Å². The highest BCUT2D eigenvalue weighted by molar-refractivity contribution is 6.33. The summed E-state index contributed by atoms with van der Waals surface area (Å²) in [5.41, 5.74) is 2.42. The van der Waals surface area contributed by atoms with E-state index in [1.165, 1.54) is 0 Å². The molecule has 0 saturated carbocycles. The Morgan fingerprint density at radius 1 is 1.35 bits per heavy atom. The van der Waals surface area contributed by atoms with Gasteiger partial charge in [0.05, 0.1) is 29.6 Å². The fourth-order valence-electron chi connectivity index (χ4n) is 2.81. The van der Waals surface area contributed by atoms with Gasteiger partial charge in [0, 0.05) is 49.8 Å². The van der Waals surface area contributed by atoms with Crippen LogP contribution in [0.4, 0.5) is 16.2 Å². The topological polar surface area (TPSA) is 79.4 Å². The molecule has 1 aliphatic rings. The van der Waals surface area contributed by atoms with Crippen LogP contribution in [0, 0.1) is 0 Å². The van der Waals surface area contributed by atoms with E-state index in [1.807, 2.05) is 19.1 Å². The SMILES string of the molecule is CC(Cc1cnccn1)NC(=O)Nc1cc(N2CCOCC2)ccc1Cl. The highest BCUT2D eigenvalue weighted by Crippen LogP contribution is 2.28. The smallest absolute Gasteiger partial charge is 0.319 e. The second-order valence-corrected chi connectivity index (χ2v) is 6.57. The Hall–Kier alpha value is -2.38. The number of benzene rings is 1. The molecule has 7 nitrogen and oxygen atoms in total. The van der Waals surface area contributed by atoms with Gasteiger partial charge in [-0.2, -0.15) is 0 Å². The quantitative estimate of drug-likeness (QED) is 0.840. The Labute approximate surface area is 157 Å². The minimum absolute atomic E-state index is 0.0899. The maximum atomic E-state index is 12.3. The average molecular weight is 376 g/mol. The number of hydrogen-bond acceptors (Lipinski definition) is 5. The largest absolute Gasteiger partial charge is 0.378 e. The Morgan fingerprint density at radius 2 is 2.15 bits per heavy atom. The number of halogens is 1. The predicted octanol–water partition coefficient (Wildman–Crippen LogP) is 2.72. The number of hydrogen-bond donors (Lipinski definition) is 2. The molecule has 1 fully saturated rings. The number of rotatable bonds is 5. The minimum Gasteiger partial charge on any atom is -0.378 e. The zero-order valence-corrected chi connectivity index (χ0v) is 15.4. The maximum Gasteiger partial charge on any atom is 0.319 e. The summed E-state index contributed by atoms with van der Waals surface area (Å²) in [6.07, 6.45) is 5.55. The van der Waals surface area contributed by atoms with Gasteiger partial charge < -0.3 is 20.3 Å². The minimum atomic E-state index is -0.303. The number of morpholine rings is 1. The van der Waals surface area contributed by atoms with Crippen molar-refractivity contribution < 1.29 is 9.53 Å². The van der Waals surface area contributed by atoms with Crippen molar-refractivity contribution in [3.05, 3.63) is 47.5 Å². The van der Waals surface area contributed by atoms with E-state index in [1.54, 1.807) is 24.7 Å². The molecule has 3 rings (SSSR count). The molecule has 1 atom stereocenters. The highest BCUT2D eigenvalue weighted by atomic mass is 35.5. The van der Waals surface area contributed by atoms with Crippen LogP contribution in [0.25, 0.3) is 0 Å². The Morgan fingerprint density at radius 3 is 2.88 bits per heavy atom. The Kier molecular flexibility index (Phi) is 6.25. The lowest BCUT2D eigenvalue weighted by atomic mass is 10.2. The van der Waals surface area contributed by atoms with Gasteiger partial charge in [0.15, 0.2) is 0 Å². The maximum absolute atomic E-state index is 12.3. The summed E-state index contributed by atoms with van der Waals surface area (Å²) in [4.78, 5) is 22.8. The lowest BCUT2D eigenvalue weighted by Crippen LogP contribution is -2.38. The fraction of sp³-hybridized carbons (Fsp3) is 0.389. The third-order valence-electron chi connectivity index (χ3n) is 4.08. The third-order valence-corrected chi connectivity index (χ3v) is 4.41. The van der Waals surface area contributed by atoms with Crippen molar-refractivity contribution in [2.75, 3.05) is 36.5 Å². The molecule has 138 valence electrons. The summed E-state index contributed by atoms with van der Waals surface area (Å²) < 4.78 is 5.38. The van der Waals surface area contributed by atoms with Crippen molar-refractivity contribution in [2.24, 2.45) is 0 Å². The summed E-state index contributed by atoms with van der Waals surface area (Å²) >= 11 is 6.24. The monoisotopic (exact) mass is 375 g/mol. The zero-order valence-electron chi connectivity index (χ0n) is 14.6. The van der Waals surface area contributed by atoms with Gasteiger partial charge in [-0.15, -0.1) is 0 Å². The van der Waals surface area contributed by atoms with E-state index in [-0.39, 0.29) is 12.1 Å². The number of carbonyl (C=O) groups excluding carboxylic acids is 1. The molecule has 2 heterocycles. The van der Waals surface area contributed by atoms with E-state index in [0.29, 0.717) is 30.3 Å². The molecule has 1 aromatic carbocycles. The van der Waals surface area contributed by atoms with Crippen LogP contribution < -0.4 is 15.5 Å². The summed E-state index contributed by atoms with van der Waals surface area (Å²) in [5, 5.41) is 6.22. The first-order valence-electron chi connectivity index (χ1n) is 8.56. The highest BCUT2D eigenvalue weighted by Gasteiger charge is 2.15. The number of amides is 2. The number of carbonyl (C=O) groups is 1. The van der Waals surface area contributed by atoms with Crippen molar-refractivity contribution in [3.63, 3.8) is 0 Å². The molecule has 26 heavy (non-hydrogen) atoms. The number of nitrogens with one attached hydrogen (secondary N) is 2. The van der Waals surface area contributed by atoms with Gasteiger partial charge >= 0.3 is 6.03 Å². The van der Waals surface area contributed by atoms with Crippen LogP contribution in [0.5, 0.6) is 0 Å². The van der Waals surface area contributed by atoms with Gasteiger partial charge in [0.2, 0.25) is 0 Å². The van der Waals surface area contributed by atoms with E-state index in [9.17, 15) is 4.79 Å². The lowest BCUT2D eigenvalue weighted by Gasteiger charge is -2.29. The van der Waals surface area contributed by atoms with Gasteiger partial charge in [-0.3, -0.25) is 9.97 Å². The summed E-state index contributed by atoms with van der Waals surface area (Å²) in [7, 11) is 0. The van der Waals surface area contributed by atoms with Crippen molar-refractivity contribution in [1.82, 2.24) is 15.3 Å². The number of ether oxygens (including phenoxy) is 1. The third kappa shape index (κ3) is 5.06. The summed E-state index contributed by atoms with van der Waals surface area (Å²) in [6.45, 7) is 4.96. The molecule has 0 bridgehead atoms. The van der Waals surface area contributed by atoms with E-state index in [0.717, 1.165) is 24.5 Å². The van der Waals surface area contributed by atoms with Gasteiger partial charge in [0.1, 0.15) is 0 Å². The summed E-state index contributed by atoms with van der Waals surface area (Å²) in [5.74, 6) is 0. The zero-order chi connectivity index (χ0) is 18.4. The molecular formula is C18H22ClN5O2.